The number of para-hydroxylation sites is 2. The summed E-state index contributed by atoms with van der Waals surface area (Å²) in [5.74, 6) is -2.32. The van der Waals surface area contributed by atoms with Crippen molar-refractivity contribution < 1.29 is 38.1 Å². The highest BCUT2D eigenvalue weighted by molar-refractivity contribution is 5.93. The molecule has 0 unspecified atom stereocenters. The molecular formula is C21H22N2O8. The molecule has 0 saturated heterocycles. The third-order valence-electron chi connectivity index (χ3n) is 3.71. The zero-order valence-corrected chi connectivity index (χ0v) is 16.6. The summed E-state index contributed by atoms with van der Waals surface area (Å²) < 4.78 is 20.7. The number of carbonyl (C=O) groups is 4. The van der Waals surface area contributed by atoms with Crippen LogP contribution < -0.4 is 20.9 Å². The van der Waals surface area contributed by atoms with Gasteiger partial charge in [0.1, 0.15) is 22.6 Å². The minimum absolute atomic E-state index is 0.0178. The van der Waals surface area contributed by atoms with E-state index < -0.39 is 23.8 Å². The number of hydrogen-bond donors (Lipinski definition) is 2. The van der Waals surface area contributed by atoms with Gasteiger partial charge in [-0.25, -0.2) is 9.59 Å². The second-order valence-corrected chi connectivity index (χ2v) is 6.13. The minimum atomic E-state index is -0.674. The van der Waals surface area contributed by atoms with E-state index in [4.69, 9.17) is 30.4 Å². The fourth-order valence-corrected chi connectivity index (χ4v) is 2.36. The van der Waals surface area contributed by atoms with E-state index in [1.807, 2.05) is 0 Å². The van der Waals surface area contributed by atoms with Crippen LogP contribution in [0.5, 0.6) is 11.5 Å². The third kappa shape index (κ3) is 7.69. The molecule has 4 N–H and O–H groups in total. The molecule has 0 bridgehead atoms. The molecule has 0 aliphatic heterocycles. The number of amides is 2. The normalized spacial score (nSPS) is 10.1. The van der Waals surface area contributed by atoms with Gasteiger partial charge < -0.3 is 30.4 Å². The molecule has 0 fully saturated rings. The molecule has 0 radical (unpaired) electrons. The molecule has 31 heavy (non-hydrogen) atoms. The summed E-state index contributed by atoms with van der Waals surface area (Å²) in [5, 5.41) is 0. The highest BCUT2D eigenvalue weighted by Gasteiger charge is 2.16. The molecular weight excluding hydrogens is 408 g/mol. The largest absolute Gasteiger partial charge is 0.483 e. The van der Waals surface area contributed by atoms with E-state index in [0.717, 1.165) is 0 Å². The smallest absolute Gasteiger partial charge is 0.341 e. The Hall–Kier alpha value is -4.08. The average Bonchev–Trinajstić information content (AvgIpc) is 2.76. The molecule has 0 atom stereocenters. The Morgan fingerprint density at radius 2 is 1.03 bits per heavy atom. The zero-order valence-electron chi connectivity index (χ0n) is 16.6. The molecule has 10 heteroatoms. The summed E-state index contributed by atoms with van der Waals surface area (Å²) in [7, 11) is 0. The Bertz CT molecular complexity index is 869. The molecule has 2 amide bonds. The highest BCUT2D eigenvalue weighted by Crippen LogP contribution is 2.20. The lowest BCUT2D eigenvalue weighted by atomic mass is 10.2. The van der Waals surface area contributed by atoms with E-state index in [1.165, 1.54) is 24.3 Å². The first-order chi connectivity index (χ1) is 14.9. The maximum atomic E-state index is 12.2. The summed E-state index contributed by atoms with van der Waals surface area (Å²) in [4.78, 5) is 46.1. The van der Waals surface area contributed by atoms with Gasteiger partial charge in [0, 0.05) is 6.42 Å². The van der Waals surface area contributed by atoms with Gasteiger partial charge in [-0.3, -0.25) is 9.59 Å². The van der Waals surface area contributed by atoms with Crippen LogP contribution in [0, 0.1) is 0 Å². The first-order valence-corrected chi connectivity index (χ1v) is 9.23. The monoisotopic (exact) mass is 430 g/mol. The van der Waals surface area contributed by atoms with Gasteiger partial charge in [0.2, 0.25) is 0 Å². The topological polar surface area (TPSA) is 157 Å². The van der Waals surface area contributed by atoms with Gasteiger partial charge in [-0.2, -0.15) is 0 Å². The van der Waals surface area contributed by atoms with Gasteiger partial charge in [-0.1, -0.05) is 24.3 Å². The Labute approximate surface area is 178 Å². The number of carbonyl (C=O) groups excluding carboxylic acids is 4. The van der Waals surface area contributed by atoms with Crippen molar-refractivity contribution in [3.63, 3.8) is 0 Å². The molecule has 0 spiro atoms. The van der Waals surface area contributed by atoms with Gasteiger partial charge in [-0.05, 0) is 24.3 Å². The second kappa shape index (κ2) is 11.8. The van der Waals surface area contributed by atoms with Crippen LogP contribution in [0.15, 0.2) is 48.5 Å². The summed E-state index contributed by atoms with van der Waals surface area (Å²) in [5.41, 5.74) is 10.4. The Kier molecular flexibility index (Phi) is 8.84. The molecule has 10 nitrogen and oxygen atoms in total. The first-order valence-electron chi connectivity index (χ1n) is 9.23. The molecule has 164 valence electrons. The van der Waals surface area contributed by atoms with Gasteiger partial charge in [-0.15, -0.1) is 0 Å². The molecule has 0 saturated carbocycles. The van der Waals surface area contributed by atoms with E-state index in [9.17, 15) is 19.2 Å². The number of benzene rings is 2. The van der Waals surface area contributed by atoms with Crippen molar-refractivity contribution in [3.05, 3.63) is 59.7 Å². The van der Waals surface area contributed by atoms with Crippen molar-refractivity contribution in [3.8, 4) is 11.5 Å². The van der Waals surface area contributed by atoms with E-state index in [2.05, 4.69) is 0 Å². The number of hydrogen-bond acceptors (Lipinski definition) is 8. The number of nitrogens with two attached hydrogens (primary N) is 2. The van der Waals surface area contributed by atoms with Gasteiger partial charge in [0.15, 0.2) is 13.2 Å². The van der Waals surface area contributed by atoms with Crippen LogP contribution in [0.25, 0.3) is 0 Å². The Morgan fingerprint density at radius 3 is 1.42 bits per heavy atom. The lowest BCUT2D eigenvalue weighted by Crippen LogP contribution is -2.21. The minimum Gasteiger partial charge on any atom is -0.483 e. The molecule has 2 aromatic rings. The summed E-state index contributed by atoms with van der Waals surface area (Å²) in [6.07, 6.45) is 0.242. The Balaban J connectivity index is 1.80. The molecule has 0 aliphatic rings. The Morgan fingerprint density at radius 1 is 0.645 bits per heavy atom. The maximum Gasteiger partial charge on any atom is 0.341 e. The quantitative estimate of drug-likeness (QED) is 0.370. The first kappa shape index (κ1) is 23.2. The van der Waals surface area contributed by atoms with Crippen LogP contribution in [0.3, 0.4) is 0 Å². The third-order valence-corrected chi connectivity index (χ3v) is 3.71. The molecule has 2 rings (SSSR count). The van der Waals surface area contributed by atoms with E-state index in [-0.39, 0.29) is 55.5 Å². The molecule has 0 aliphatic carbocycles. The second-order valence-electron chi connectivity index (χ2n) is 6.13. The molecule has 2 aromatic carbocycles. The van der Waals surface area contributed by atoms with Crippen molar-refractivity contribution in [1.29, 1.82) is 0 Å². The summed E-state index contributed by atoms with van der Waals surface area (Å²) in [6, 6.07) is 12.5. The van der Waals surface area contributed by atoms with Crippen LogP contribution in [0.4, 0.5) is 0 Å². The van der Waals surface area contributed by atoms with E-state index in [1.54, 1.807) is 24.3 Å². The van der Waals surface area contributed by atoms with Crippen molar-refractivity contribution in [2.75, 3.05) is 26.4 Å². The maximum absolute atomic E-state index is 12.2. The number of primary amides is 2. The fraction of sp³-hybridized carbons (Fsp3) is 0.238. The van der Waals surface area contributed by atoms with Crippen molar-refractivity contribution in [2.24, 2.45) is 11.5 Å². The fourth-order valence-electron chi connectivity index (χ4n) is 2.36. The van der Waals surface area contributed by atoms with Crippen LogP contribution in [0.1, 0.15) is 27.1 Å². The number of esters is 2. The van der Waals surface area contributed by atoms with Crippen LogP contribution in [0.2, 0.25) is 0 Å². The highest BCUT2D eigenvalue weighted by atomic mass is 16.5. The molecule has 0 heterocycles. The van der Waals surface area contributed by atoms with E-state index in [0.29, 0.717) is 0 Å². The van der Waals surface area contributed by atoms with Crippen molar-refractivity contribution in [1.82, 2.24) is 0 Å². The summed E-state index contributed by atoms with van der Waals surface area (Å²) in [6.45, 7) is -0.776. The SMILES string of the molecule is NC(=O)COc1ccccc1C(=O)OCCCOC(=O)c1ccccc1OCC(N)=O. The number of ether oxygens (including phenoxy) is 4. The van der Waals surface area contributed by atoms with Crippen LogP contribution >= 0.6 is 0 Å². The predicted octanol–water partition coefficient (Wildman–Crippen LogP) is 0.819. The van der Waals surface area contributed by atoms with E-state index >= 15 is 0 Å². The van der Waals surface area contributed by atoms with Crippen LogP contribution in [-0.2, 0) is 19.1 Å². The standard InChI is InChI=1S/C21H22N2O8/c22-18(24)12-30-16-8-3-1-6-14(16)20(26)28-10-5-11-29-21(27)15-7-2-4-9-17(15)31-13-19(23)25/h1-4,6-9H,5,10-13H2,(H2,22,24)(H2,23,25). The number of rotatable bonds is 12. The molecule has 0 aromatic heterocycles. The lowest BCUT2D eigenvalue weighted by molar-refractivity contribution is -0.120. The van der Waals surface area contributed by atoms with Gasteiger partial charge in [0.05, 0.1) is 13.2 Å². The van der Waals surface area contributed by atoms with Gasteiger partial charge in [0.25, 0.3) is 11.8 Å². The van der Waals surface area contributed by atoms with Crippen LogP contribution in [-0.4, -0.2) is 50.2 Å². The predicted molar refractivity (Wildman–Crippen MR) is 107 cm³/mol. The van der Waals surface area contributed by atoms with Gasteiger partial charge >= 0.3 is 11.9 Å². The summed E-state index contributed by atoms with van der Waals surface area (Å²) >= 11 is 0. The average molecular weight is 430 g/mol. The zero-order chi connectivity index (χ0) is 22.6. The van der Waals surface area contributed by atoms with Crippen molar-refractivity contribution in [2.45, 2.75) is 6.42 Å². The lowest BCUT2D eigenvalue weighted by Gasteiger charge is -2.11. The van der Waals surface area contributed by atoms with Crippen molar-refractivity contribution >= 4 is 23.8 Å².